The molecule has 0 amide bonds. The number of nitrogens with zero attached hydrogens (tertiary/aromatic N) is 1. The van der Waals surface area contributed by atoms with Gasteiger partial charge in [-0.2, -0.15) is 0 Å². The van der Waals surface area contributed by atoms with Crippen molar-refractivity contribution in [1.82, 2.24) is 4.98 Å². The van der Waals surface area contributed by atoms with Crippen molar-refractivity contribution in [2.75, 3.05) is 5.75 Å². The van der Waals surface area contributed by atoms with Crippen LogP contribution in [0.25, 0.3) is 0 Å². The van der Waals surface area contributed by atoms with Gasteiger partial charge in [0.2, 0.25) is 0 Å². The highest BCUT2D eigenvalue weighted by Crippen LogP contribution is 2.16. The van der Waals surface area contributed by atoms with Gasteiger partial charge in [0, 0.05) is 16.9 Å². The maximum absolute atomic E-state index is 11.5. The molecular formula is C8H10ClNO4S2. The van der Waals surface area contributed by atoms with Gasteiger partial charge < -0.3 is 0 Å². The summed E-state index contributed by atoms with van der Waals surface area (Å²) in [5, 5.41) is -0.140. The van der Waals surface area contributed by atoms with Gasteiger partial charge in [-0.05, 0) is 18.6 Å². The Labute approximate surface area is 98.8 Å². The van der Waals surface area contributed by atoms with Crippen molar-refractivity contribution in [3.63, 3.8) is 0 Å². The molecule has 0 saturated heterocycles. The number of sulfone groups is 1. The summed E-state index contributed by atoms with van der Waals surface area (Å²) >= 11 is 0. The van der Waals surface area contributed by atoms with Crippen molar-refractivity contribution >= 4 is 29.6 Å². The zero-order valence-corrected chi connectivity index (χ0v) is 10.8. The second-order valence-electron chi connectivity index (χ2n) is 3.09. The van der Waals surface area contributed by atoms with Crippen LogP contribution in [-0.2, 0) is 18.9 Å². The van der Waals surface area contributed by atoms with E-state index in [4.69, 9.17) is 10.7 Å². The fourth-order valence-corrected chi connectivity index (χ4v) is 2.99. The lowest BCUT2D eigenvalue weighted by atomic mass is 10.5. The smallest absolute Gasteiger partial charge is 0.243 e. The van der Waals surface area contributed by atoms with Gasteiger partial charge in [0.1, 0.15) is 4.90 Å². The predicted octanol–water partition coefficient (Wildman–Crippen LogP) is 1.19. The number of rotatable bonds is 4. The van der Waals surface area contributed by atoms with Crippen LogP contribution in [0.4, 0.5) is 0 Å². The molecular weight excluding hydrogens is 274 g/mol. The molecule has 1 heterocycles. The van der Waals surface area contributed by atoms with Crippen LogP contribution in [0, 0.1) is 0 Å². The molecule has 5 nitrogen and oxygen atoms in total. The highest BCUT2D eigenvalue weighted by atomic mass is 35.7. The Hall–Kier alpha value is -0.660. The second-order valence-corrected chi connectivity index (χ2v) is 7.71. The molecule has 0 aliphatic heterocycles. The summed E-state index contributed by atoms with van der Waals surface area (Å²) in [5.74, 6) is -0.0209. The molecule has 0 N–H and O–H groups in total. The maximum Gasteiger partial charge on any atom is 0.262 e. The average molecular weight is 284 g/mol. The van der Waals surface area contributed by atoms with E-state index in [0.717, 1.165) is 18.3 Å². The van der Waals surface area contributed by atoms with Crippen LogP contribution >= 0.6 is 10.7 Å². The molecule has 1 rings (SSSR count). The lowest BCUT2D eigenvalue weighted by Gasteiger charge is -2.02. The first kappa shape index (κ1) is 13.4. The minimum Gasteiger partial charge on any atom is -0.243 e. The van der Waals surface area contributed by atoms with E-state index >= 15 is 0 Å². The van der Waals surface area contributed by atoms with E-state index in [1.807, 2.05) is 0 Å². The van der Waals surface area contributed by atoms with Gasteiger partial charge in [-0.3, -0.25) is 0 Å². The molecule has 0 spiro atoms. The van der Waals surface area contributed by atoms with E-state index in [1.165, 1.54) is 0 Å². The van der Waals surface area contributed by atoms with Gasteiger partial charge >= 0.3 is 0 Å². The molecule has 0 saturated carbocycles. The molecule has 0 aromatic carbocycles. The Morgan fingerprint density at radius 2 is 1.88 bits per heavy atom. The molecule has 1 aromatic heterocycles. The van der Waals surface area contributed by atoms with Crippen LogP contribution in [0.15, 0.2) is 28.3 Å². The normalized spacial score (nSPS) is 12.6. The first-order valence-electron chi connectivity index (χ1n) is 4.41. The fourth-order valence-electron chi connectivity index (χ4n) is 1.07. The van der Waals surface area contributed by atoms with Crippen molar-refractivity contribution in [3.05, 3.63) is 18.3 Å². The lowest BCUT2D eigenvalue weighted by Crippen LogP contribution is -2.08. The number of hydrogen-bond donors (Lipinski definition) is 0. The molecule has 0 fully saturated rings. The summed E-state index contributed by atoms with van der Waals surface area (Å²) in [5.41, 5.74) is 0. The summed E-state index contributed by atoms with van der Waals surface area (Å²) in [6, 6.07) is 2.26. The van der Waals surface area contributed by atoms with Crippen LogP contribution in [0.2, 0.25) is 0 Å². The lowest BCUT2D eigenvalue weighted by molar-refractivity contribution is 0.589. The quantitative estimate of drug-likeness (QED) is 0.776. The van der Waals surface area contributed by atoms with Gasteiger partial charge in [-0.15, -0.1) is 0 Å². The Balaban J connectivity index is 3.15. The Morgan fingerprint density at radius 3 is 2.25 bits per heavy atom. The third-order valence-electron chi connectivity index (χ3n) is 1.78. The van der Waals surface area contributed by atoms with E-state index in [2.05, 4.69) is 4.98 Å². The van der Waals surface area contributed by atoms with E-state index < -0.39 is 18.9 Å². The minimum atomic E-state index is -3.86. The fraction of sp³-hybridized carbons (Fsp3) is 0.375. The first-order chi connectivity index (χ1) is 7.27. The molecule has 1 aromatic rings. The summed E-state index contributed by atoms with van der Waals surface area (Å²) in [4.78, 5) is 3.37. The third kappa shape index (κ3) is 3.16. The van der Waals surface area contributed by atoms with Gasteiger partial charge in [0.15, 0.2) is 14.9 Å². The second kappa shape index (κ2) is 4.68. The molecule has 0 atom stereocenters. The van der Waals surface area contributed by atoms with E-state index in [1.54, 1.807) is 6.92 Å². The Morgan fingerprint density at radius 1 is 1.25 bits per heavy atom. The molecule has 8 heteroatoms. The zero-order valence-electron chi connectivity index (χ0n) is 8.42. The molecule has 90 valence electrons. The van der Waals surface area contributed by atoms with E-state index in [-0.39, 0.29) is 15.7 Å². The number of hydrogen-bond acceptors (Lipinski definition) is 5. The SMILES string of the molecule is CCCS(=O)(=O)c1ccc(S(=O)(=O)Cl)cn1. The molecule has 0 radical (unpaired) electrons. The number of pyridine rings is 1. The topological polar surface area (TPSA) is 81.2 Å². The van der Waals surface area contributed by atoms with Crippen molar-refractivity contribution in [3.8, 4) is 0 Å². The molecule has 16 heavy (non-hydrogen) atoms. The van der Waals surface area contributed by atoms with Crippen molar-refractivity contribution in [2.45, 2.75) is 23.3 Å². The number of aromatic nitrogens is 1. The summed E-state index contributed by atoms with van der Waals surface area (Å²) in [6.45, 7) is 1.73. The third-order valence-corrected chi connectivity index (χ3v) is 4.95. The highest BCUT2D eigenvalue weighted by molar-refractivity contribution is 8.13. The molecule has 0 aliphatic rings. The van der Waals surface area contributed by atoms with Crippen molar-refractivity contribution in [1.29, 1.82) is 0 Å². The maximum atomic E-state index is 11.5. The summed E-state index contributed by atoms with van der Waals surface area (Å²) < 4.78 is 44.9. The summed E-state index contributed by atoms with van der Waals surface area (Å²) in [6.07, 6.45) is 1.41. The zero-order chi connectivity index (χ0) is 12.4. The van der Waals surface area contributed by atoms with Gasteiger partial charge in [-0.25, -0.2) is 21.8 Å². The molecule has 0 unspecified atom stereocenters. The van der Waals surface area contributed by atoms with Crippen molar-refractivity contribution < 1.29 is 16.8 Å². The van der Waals surface area contributed by atoms with Gasteiger partial charge in [0.25, 0.3) is 9.05 Å². The van der Waals surface area contributed by atoms with Crippen LogP contribution in [-0.4, -0.2) is 27.6 Å². The highest BCUT2D eigenvalue weighted by Gasteiger charge is 2.16. The first-order valence-corrected chi connectivity index (χ1v) is 8.37. The van der Waals surface area contributed by atoms with Crippen LogP contribution in [0.5, 0.6) is 0 Å². The Kier molecular flexibility index (Phi) is 3.92. The minimum absolute atomic E-state index is 0.0209. The van der Waals surface area contributed by atoms with Crippen LogP contribution in [0.1, 0.15) is 13.3 Å². The molecule has 0 aliphatic carbocycles. The predicted molar refractivity (Wildman–Crippen MR) is 59.6 cm³/mol. The van der Waals surface area contributed by atoms with Crippen molar-refractivity contribution in [2.24, 2.45) is 0 Å². The van der Waals surface area contributed by atoms with Gasteiger partial charge in [0.05, 0.1) is 5.75 Å². The number of halogens is 1. The van der Waals surface area contributed by atoms with Crippen LogP contribution < -0.4 is 0 Å². The standard InChI is InChI=1S/C8H10ClNO4S2/c1-2-5-15(11,12)8-4-3-7(6-10-8)16(9,13)14/h3-4,6H,2,5H2,1H3. The van der Waals surface area contributed by atoms with E-state index in [0.29, 0.717) is 6.42 Å². The Bertz CT molecular complexity index is 563. The average Bonchev–Trinajstić information content (AvgIpc) is 2.16. The van der Waals surface area contributed by atoms with Gasteiger partial charge in [-0.1, -0.05) is 6.92 Å². The largest absolute Gasteiger partial charge is 0.262 e. The molecule has 0 bridgehead atoms. The summed E-state index contributed by atoms with van der Waals surface area (Å²) in [7, 11) is -2.21. The van der Waals surface area contributed by atoms with Crippen LogP contribution in [0.3, 0.4) is 0 Å². The van der Waals surface area contributed by atoms with E-state index in [9.17, 15) is 16.8 Å². The monoisotopic (exact) mass is 283 g/mol.